The van der Waals surface area contributed by atoms with Crippen molar-refractivity contribution in [3.63, 3.8) is 0 Å². The lowest BCUT2D eigenvalue weighted by Gasteiger charge is -2.22. The molecule has 0 aliphatic carbocycles. The standard InChI is InChI=1S/C26H24F2N2O6/c1-13(29)25(23-15-9-11-33-19(15)5-3-17(23)27)35-21(31)7-8-22(32)36-26(14(2)30)24-16-10-12-34-20(16)6-4-18(24)28/h3-14,25-26H,29-30H2,1-2H3/b8-7+. The number of halogens is 2. The van der Waals surface area contributed by atoms with Crippen LogP contribution in [0.5, 0.6) is 0 Å². The number of esters is 2. The van der Waals surface area contributed by atoms with E-state index in [1.807, 2.05) is 0 Å². The summed E-state index contributed by atoms with van der Waals surface area (Å²) in [6, 6.07) is 6.78. The van der Waals surface area contributed by atoms with Crippen LogP contribution in [0.3, 0.4) is 0 Å². The minimum absolute atomic E-state index is 0.0567. The third-order valence-electron chi connectivity index (χ3n) is 5.61. The van der Waals surface area contributed by atoms with Crippen LogP contribution in [0.2, 0.25) is 0 Å². The van der Waals surface area contributed by atoms with Crippen molar-refractivity contribution in [2.24, 2.45) is 11.5 Å². The SMILES string of the molecule is CC(N)C(OC(=O)/C=C/C(=O)OC(c1c(F)ccc2occc12)C(C)N)c1c(F)ccc2occc12. The van der Waals surface area contributed by atoms with Gasteiger partial charge in [0.25, 0.3) is 0 Å². The lowest BCUT2D eigenvalue weighted by Crippen LogP contribution is -2.30. The van der Waals surface area contributed by atoms with E-state index in [1.165, 1.54) is 48.9 Å². The van der Waals surface area contributed by atoms with Crippen LogP contribution in [-0.2, 0) is 19.1 Å². The maximum Gasteiger partial charge on any atom is 0.331 e. The van der Waals surface area contributed by atoms with E-state index in [4.69, 9.17) is 29.8 Å². The van der Waals surface area contributed by atoms with Gasteiger partial charge in [0.2, 0.25) is 0 Å². The first-order valence-corrected chi connectivity index (χ1v) is 11.1. The predicted octanol–water partition coefficient (Wildman–Crippen LogP) is 4.58. The molecule has 0 fully saturated rings. The van der Waals surface area contributed by atoms with Gasteiger partial charge in [0.05, 0.1) is 12.5 Å². The van der Waals surface area contributed by atoms with Crippen LogP contribution in [0.25, 0.3) is 21.9 Å². The van der Waals surface area contributed by atoms with E-state index in [0.717, 1.165) is 12.2 Å². The van der Waals surface area contributed by atoms with E-state index in [2.05, 4.69) is 0 Å². The Morgan fingerprint density at radius 3 is 1.50 bits per heavy atom. The second kappa shape index (κ2) is 10.3. The number of ether oxygens (including phenoxy) is 2. The molecule has 0 radical (unpaired) electrons. The Morgan fingerprint density at radius 1 is 0.750 bits per heavy atom. The minimum Gasteiger partial charge on any atom is -0.464 e. The first kappa shape index (κ1) is 25.1. The zero-order valence-corrected chi connectivity index (χ0v) is 19.4. The Balaban J connectivity index is 1.51. The molecular formula is C26H24F2N2O6. The maximum atomic E-state index is 14.6. The summed E-state index contributed by atoms with van der Waals surface area (Å²) in [6.07, 6.45) is 2.07. The summed E-state index contributed by atoms with van der Waals surface area (Å²) < 4.78 is 50.6. The Kier molecular flexibility index (Phi) is 7.18. The molecule has 0 amide bonds. The summed E-state index contributed by atoms with van der Waals surface area (Å²) in [5.74, 6) is -3.18. The molecular weight excluding hydrogens is 474 g/mol. The molecule has 2 aromatic carbocycles. The van der Waals surface area contributed by atoms with Crippen LogP contribution >= 0.6 is 0 Å². The second-order valence-electron chi connectivity index (χ2n) is 8.35. The smallest absolute Gasteiger partial charge is 0.331 e. The first-order chi connectivity index (χ1) is 17.2. The molecule has 8 nitrogen and oxygen atoms in total. The van der Waals surface area contributed by atoms with E-state index in [9.17, 15) is 18.4 Å². The zero-order valence-electron chi connectivity index (χ0n) is 19.4. The number of benzene rings is 2. The van der Waals surface area contributed by atoms with Crippen molar-refractivity contribution in [3.8, 4) is 0 Å². The largest absolute Gasteiger partial charge is 0.464 e. The molecule has 0 bridgehead atoms. The molecule has 36 heavy (non-hydrogen) atoms. The molecule has 0 spiro atoms. The van der Waals surface area contributed by atoms with Crippen molar-refractivity contribution in [3.05, 3.63) is 83.8 Å². The number of hydrogen-bond acceptors (Lipinski definition) is 8. The molecule has 0 aliphatic heterocycles. The highest BCUT2D eigenvalue weighted by Crippen LogP contribution is 2.33. The molecule has 2 aromatic heterocycles. The monoisotopic (exact) mass is 498 g/mol. The predicted molar refractivity (Wildman–Crippen MR) is 126 cm³/mol. The van der Waals surface area contributed by atoms with Gasteiger partial charge in [0.1, 0.15) is 35.0 Å². The molecule has 2 heterocycles. The molecule has 10 heteroatoms. The van der Waals surface area contributed by atoms with Crippen molar-refractivity contribution < 1.29 is 36.7 Å². The van der Waals surface area contributed by atoms with Gasteiger partial charge in [-0.2, -0.15) is 0 Å². The molecule has 4 unspecified atom stereocenters. The van der Waals surface area contributed by atoms with E-state index in [1.54, 1.807) is 13.8 Å². The molecule has 0 saturated carbocycles. The summed E-state index contributed by atoms with van der Waals surface area (Å²) in [4.78, 5) is 25.0. The maximum absolute atomic E-state index is 14.6. The van der Waals surface area contributed by atoms with Gasteiger partial charge in [0, 0.05) is 46.1 Å². The van der Waals surface area contributed by atoms with Gasteiger partial charge in [-0.25, -0.2) is 18.4 Å². The Morgan fingerprint density at radius 2 is 1.14 bits per heavy atom. The third kappa shape index (κ3) is 5.00. The van der Waals surface area contributed by atoms with Gasteiger partial charge in [-0.15, -0.1) is 0 Å². The summed E-state index contributed by atoms with van der Waals surface area (Å²) >= 11 is 0. The third-order valence-corrected chi connectivity index (χ3v) is 5.61. The number of carbonyl (C=O) groups is 2. The van der Waals surface area contributed by atoms with Crippen molar-refractivity contribution in [1.82, 2.24) is 0 Å². The minimum atomic E-state index is -1.16. The fourth-order valence-electron chi connectivity index (χ4n) is 3.98. The highest BCUT2D eigenvalue weighted by atomic mass is 19.1. The van der Waals surface area contributed by atoms with Crippen LogP contribution in [0.15, 0.2) is 69.9 Å². The Labute approximate surface area is 204 Å². The number of rotatable bonds is 8. The molecule has 0 aliphatic rings. The van der Waals surface area contributed by atoms with E-state index >= 15 is 0 Å². The quantitative estimate of drug-likeness (QED) is 0.267. The average molecular weight is 498 g/mol. The zero-order chi connectivity index (χ0) is 26.0. The molecule has 4 rings (SSSR count). The molecule has 4 atom stereocenters. The van der Waals surface area contributed by atoms with Gasteiger partial charge in [0.15, 0.2) is 0 Å². The first-order valence-electron chi connectivity index (χ1n) is 11.1. The normalized spacial score (nSPS) is 15.2. The molecule has 4 N–H and O–H groups in total. The fourth-order valence-corrected chi connectivity index (χ4v) is 3.98. The highest BCUT2D eigenvalue weighted by molar-refractivity contribution is 5.92. The van der Waals surface area contributed by atoms with Gasteiger partial charge in [-0.3, -0.25) is 0 Å². The summed E-state index contributed by atoms with van der Waals surface area (Å²) in [6.45, 7) is 3.10. The van der Waals surface area contributed by atoms with Crippen molar-refractivity contribution in [2.75, 3.05) is 0 Å². The van der Waals surface area contributed by atoms with E-state index < -0.39 is 47.9 Å². The van der Waals surface area contributed by atoms with Crippen molar-refractivity contribution in [1.29, 1.82) is 0 Å². The van der Waals surface area contributed by atoms with Gasteiger partial charge in [-0.1, -0.05) is 0 Å². The van der Waals surface area contributed by atoms with Crippen LogP contribution in [0, 0.1) is 11.6 Å². The van der Waals surface area contributed by atoms with Crippen molar-refractivity contribution in [2.45, 2.75) is 38.1 Å². The van der Waals surface area contributed by atoms with E-state index in [0.29, 0.717) is 21.9 Å². The topological polar surface area (TPSA) is 131 Å². The Hall–Kier alpha value is -4.02. The van der Waals surface area contributed by atoms with Gasteiger partial charge >= 0.3 is 11.9 Å². The van der Waals surface area contributed by atoms with Crippen molar-refractivity contribution >= 4 is 33.9 Å². The number of nitrogens with two attached hydrogens (primary N) is 2. The summed E-state index contributed by atoms with van der Waals surface area (Å²) in [5.41, 5.74) is 12.8. The highest BCUT2D eigenvalue weighted by Gasteiger charge is 2.28. The Bertz CT molecular complexity index is 1330. The summed E-state index contributed by atoms with van der Waals surface area (Å²) in [7, 11) is 0. The van der Waals surface area contributed by atoms with Gasteiger partial charge < -0.3 is 29.8 Å². The average Bonchev–Trinajstić information content (AvgIpc) is 3.49. The lowest BCUT2D eigenvalue weighted by atomic mass is 9.99. The molecule has 4 aromatic rings. The van der Waals surface area contributed by atoms with Crippen LogP contribution in [0.1, 0.15) is 37.2 Å². The second-order valence-corrected chi connectivity index (χ2v) is 8.35. The number of fused-ring (bicyclic) bond motifs is 2. The van der Waals surface area contributed by atoms with E-state index in [-0.39, 0.29) is 11.1 Å². The molecule has 0 saturated heterocycles. The number of hydrogen-bond donors (Lipinski definition) is 2. The van der Waals surface area contributed by atoms with Crippen LogP contribution < -0.4 is 11.5 Å². The number of furan rings is 2. The van der Waals surface area contributed by atoms with Crippen LogP contribution in [0.4, 0.5) is 8.78 Å². The lowest BCUT2D eigenvalue weighted by molar-refractivity contribution is -0.147. The number of carbonyl (C=O) groups excluding carboxylic acids is 2. The molecule has 188 valence electrons. The summed E-state index contributed by atoms with van der Waals surface area (Å²) in [5, 5.41) is 0.812. The fraction of sp³-hybridized carbons (Fsp3) is 0.231. The van der Waals surface area contributed by atoms with Crippen LogP contribution in [-0.4, -0.2) is 24.0 Å². The van der Waals surface area contributed by atoms with Gasteiger partial charge in [-0.05, 0) is 50.2 Å².